The Morgan fingerprint density at radius 1 is 0.583 bits per heavy atom. The van der Waals surface area contributed by atoms with E-state index < -0.39 is 27.4 Å². The van der Waals surface area contributed by atoms with Gasteiger partial charge in [0.2, 0.25) is 0 Å². The second-order valence-electron chi connectivity index (χ2n) is 11.8. The van der Waals surface area contributed by atoms with E-state index >= 15 is 0 Å². The average Bonchev–Trinajstić information content (AvgIpc) is 2.73. The molecule has 196 valence electrons. The highest BCUT2D eigenvalue weighted by molar-refractivity contribution is 6.91. The lowest BCUT2D eigenvalue weighted by Crippen LogP contribution is -2.43. The van der Waals surface area contributed by atoms with Crippen molar-refractivity contribution in [3.8, 4) is 22.9 Å². The highest BCUT2D eigenvalue weighted by atomic mass is 28.3. The molecular formula is C28H44N4O2Si2. The maximum atomic E-state index is 12.5. The summed E-state index contributed by atoms with van der Waals surface area (Å²) in [6, 6.07) is 0. The molecule has 0 aliphatic carbocycles. The van der Waals surface area contributed by atoms with Gasteiger partial charge in [0.1, 0.15) is 27.5 Å². The van der Waals surface area contributed by atoms with Gasteiger partial charge in [-0.2, -0.15) is 0 Å². The highest BCUT2D eigenvalue weighted by Gasteiger charge is 2.43. The monoisotopic (exact) mass is 524 g/mol. The summed E-state index contributed by atoms with van der Waals surface area (Å²) in [6.07, 6.45) is 0. The molecule has 0 amide bonds. The Balaban J connectivity index is 2.96. The molecule has 0 atom stereocenters. The summed E-state index contributed by atoms with van der Waals surface area (Å²) in [5.41, 5.74) is 10.0. The number of aromatic nitrogens is 4. The molecule has 8 heteroatoms. The minimum atomic E-state index is -2.05. The van der Waals surface area contributed by atoms with Crippen molar-refractivity contribution in [1.29, 1.82) is 0 Å². The van der Waals surface area contributed by atoms with Gasteiger partial charge in [-0.15, -0.1) is 11.1 Å². The molecule has 2 N–H and O–H groups in total. The summed E-state index contributed by atoms with van der Waals surface area (Å²) in [7, 11) is -4.09. The molecule has 2 heterocycles. The molecule has 0 aliphatic rings. The predicted octanol–water partition coefficient (Wildman–Crippen LogP) is 6.15. The molecule has 0 aliphatic heterocycles. The van der Waals surface area contributed by atoms with Gasteiger partial charge in [-0.1, -0.05) is 94.9 Å². The summed E-state index contributed by atoms with van der Waals surface area (Å²) in [4.78, 5) is 38.6. The van der Waals surface area contributed by atoms with Crippen LogP contribution in [0.15, 0.2) is 9.59 Å². The third kappa shape index (κ3) is 5.45. The van der Waals surface area contributed by atoms with Crippen LogP contribution in [-0.2, 0) is 0 Å². The van der Waals surface area contributed by atoms with Crippen LogP contribution in [-0.4, -0.2) is 36.1 Å². The summed E-state index contributed by atoms with van der Waals surface area (Å²) in [5, 5.41) is 0. The first kappa shape index (κ1) is 29.8. The van der Waals surface area contributed by atoms with E-state index in [-0.39, 0.29) is 11.2 Å². The zero-order valence-electron chi connectivity index (χ0n) is 24.2. The van der Waals surface area contributed by atoms with Crippen molar-refractivity contribution in [1.82, 2.24) is 19.9 Å². The van der Waals surface area contributed by atoms with Gasteiger partial charge in [0.25, 0.3) is 5.56 Å². The Morgan fingerprint density at radius 2 is 0.944 bits per heavy atom. The van der Waals surface area contributed by atoms with E-state index in [1.54, 1.807) is 0 Å². The molecule has 2 aromatic rings. The first-order valence-corrected chi connectivity index (χ1v) is 17.7. The number of aromatic amines is 2. The fourth-order valence-corrected chi connectivity index (χ4v) is 16.8. The lowest BCUT2D eigenvalue weighted by molar-refractivity contribution is 0.838. The number of hydrogen-bond donors (Lipinski definition) is 2. The zero-order valence-corrected chi connectivity index (χ0v) is 26.2. The summed E-state index contributed by atoms with van der Waals surface area (Å²) >= 11 is 0. The van der Waals surface area contributed by atoms with E-state index in [4.69, 9.17) is 0 Å². The van der Waals surface area contributed by atoms with Crippen LogP contribution >= 0.6 is 0 Å². The van der Waals surface area contributed by atoms with Gasteiger partial charge in [-0.25, -0.2) is 14.8 Å². The molecule has 0 bridgehead atoms. The Labute approximate surface area is 218 Å². The van der Waals surface area contributed by atoms with Gasteiger partial charge in [0.15, 0.2) is 11.2 Å². The molecule has 0 saturated carbocycles. The molecule has 0 radical (unpaired) electrons. The van der Waals surface area contributed by atoms with E-state index in [2.05, 4.69) is 126 Å². The van der Waals surface area contributed by atoms with E-state index in [1.807, 2.05) is 0 Å². The van der Waals surface area contributed by atoms with Gasteiger partial charge < -0.3 is 0 Å². The fraction of sp³-hybridized carbons (Fsp3) is 0.643. The Kier molecular flexibility index (Phi) is 9.37. The Bertz CT molecular complexity index is 1290. The maximum absolute atomic E-state index is 12.5. The molecule has 0 spiro atoms. The quantitative estimate of drug-likeness (QED) is 0.350. The molecular weight excluding hydrogens is 481 g/mol. The van der Waals surface area contributed by atoms with E-state index in [0.717, 1.165) is 0 Å². The number of H-pyrrole nitrogens is 2. The van der Waals surface area contributed by atoms with Crippen molar-refractivity contribution in [3.63, 3.8) is 0 Å². The van der Waals surface area contributed by atoms with E-state index in [1.165, 1.54) is 0 Å². The lowest BCUT2D eigenvalue weighted by Gasteiger charge is -2.38. The normalized spacial score (nSPS) is 12.6. The molecule has 6 nitrogen and oxygen atoms in total. The minimum absolute atomic E-state index is 0.0791. The van der Waals surface area contributed by atoms with Crippen molar-refractivity contribution < 1.29 is 0 Å². The van der Waals surface area contributed by atoms with Crippen molar-refractivity contribution >= 4 is 27.3 Å². The molecule has 0 unspecified atom stereocenters. The van der Waals surface area contributed by atoms with Crippen LogP contribution in [0.1, 0.15) is 94.5 Å². The molecule has 0 saturated heterocycles. The molecule has 0 aromatic carbocycles. The largest absolute Gasteiger partial charge is 0.327 e. The van der Waals surface area contributed by atoms with Crippen LogP contribution in [0.2, 0.25) is 33.2 Å². The van der Waals surface area contributed by atoms with Crippen molar-refractivity contribution in [2.75, 3.05) is 0 Å². The van der Waals surface area contributed by atoms with Crippen LogP contribution in [0.25, 0.3) is 11.2 Å². The van der Waals surface area contributed by atoms with Gasteiger partial charge >= 0.3 is 5.69 Å². The Hall–Kier alpha value is -2.43. The second kappa shape index (κ2) is 11.3. The number of hydrogen-bond acceptors (Lipinski definition) is 4. The van der Waals surface area contributed by atoms with Crippen LogP contribution in [0.3, 0.4) is 0 Å². The third-order valence-electron chi connectivity index (χ3n) is 8.10. The third-order valence-corrected chi connectivity index (χ3v) is 20.7. The van der Waals surface area contributed by atoms with E-state index in [0.29, 0.717) is 44.6 Å². The smallest absolute Gasteiger partial charge is 0.290 e. The van der Waals surface area contributed by atoms with E-state index in [9.17, 15) is 9.59 Å². The lowest BCUT2D eigenvalue weighted by atomic mass is 10.3. The molecule has 0 fully saturated rings. The van der Waals surface area contributed by atoms with Crippen LogP contribution in [0, 0.1) is 22.9 Å². The van der Waals surface area contributed by atoms with Crippen molar-refractivity contribution in [2.45, 2.75) is 116 Å². The van der Waals surface area contributed by atoms with Crippen LogP contribution in [0.4, 0.5) is 0 Å². The fourth-order valence-electron chi connectivity index (χ4n) is 6.36. The number of rotatable bonds is 6. The number of nitrogens with one attached hydrogen (secondary N) is 2. The van der Waals surface area contributed by atoms with Gasteiger partial charge in [-0.05, 0) is 33.2 Å². The summed E-state index contributed by atoms with van der Waals surface area (Å²) in [6.45, 7) is 27.1. The minimum Gasteiger partial charge on any atom is -0.290 e. The van der Waals surface area contributed by atoms with Crippen LogP contribution in [0.5, 0.6) is 0 Å². The van der Waals surface area contributed by atoms with Gasteiger partial charge in [0, 0.05) is 0 Å². The average molecular weight is 525 g/mol. The van der Waals surface area contributed by atoms with Gasteiger partial charge in [-0.3, -0.25) is 14.8 Å². The standard InChI is InChI=1S/C28H44N4O2Si2/c1-17(2)35(18(3)4,19(5)6)15-13-23-24(14-16-36(20(7)8,21(9)10)22(11)12)30-26-25(29-23)27(33)32-28(34)31-26/h17-22H,1-12H3,(H2,30,31,32,33,34). The molecule has 2 aromatic heterocycles. The molecule has 2 rings (SSSR count). The predicted molar refractivity (Wildman–Crippen MR) is 157 cm³/mol. The summed E-state index contributed by atoms with van der Waals surface area (Å²) in [5.74, 6) is 6.73. The second-order valence-corrected chi connectivity index (χ2v) is 23.0. The maximum Gasteiger partial charge on any atom is 0.327 e. The Morgan fingerprint density at radius 3 is 1.31 bits per heavy atom. The van der Waals surface area contributed by atoms with Crippen LogP contribution < -0.4 is 11.2 Å². The first-order chi connectivity index (χ1) is 16.6. The van der Waals surface area contributed by atoms with Gasteiger partial charge in [0.05, 0.1) is 0 Å². The number of nitrogens with zero attached hydrogens (tertiary/aromatic N) is 2. The topological polar surface area (TPSA) is 91.5 Å². The SMILES string of the molecule is CC(C)[Si](C#Cc1nc2[nH]c(=O)[nH]c(=O)c2nc1C#C[Si](C(C)C)(C(C)C)C(C)C)(C(C)C)C(C)C. The first-order valence-electron chi connectivity index (χ1n) is 13.2. The number of fused-ring (bicyclic) bond motifs is 1. The van der Waals surface area contributed by atoms with Crippen molar-refractivity contribution in [3.05, 3.63) is 32.2 Å². The highest BCUT2D eigenvalue weighted by Crippen LogP contribution is 2.42. The molecule has 36 heavy (non-hydrogen) atoms. The van der Waals surface area contributed by atoms with Crippen molar-refractivity contribution in [2.24, 2.45) is 0 Å². The summed E-state index contributed by atoms with van der Waals surface area (Å²) < 4.78 is 0. The zero-order chi connectivity index (χ0) is 27.6.